The summed E-state index contributed by atoms with van der Waals surface area (Å²) < 4.78 is 5.43. The van der Waals surface area contributed by atoms with Crippen LogP contribution >= 0.6 is 0 Å². The lowest BCUT2D eigenvalue weighted by molar-refractivity contribution is 0.210. The summed E-state index contributed by atoms with van der Waals surface area (Å²) >= 11 is 0. The molecule has 0 atom stereocenters. The van der Waals surface area contributed by atoms with E-state index in [0.717, 1.165) is 43.9 Å². The summed E-state index contributed by atoms with van der Waals surface area (Å²) in [5.41, 5.74) is 0.895. The number of hydrogen-bond acceptors (Lipinski definition) is 5. The molecule has 2 aromatic rings. The quantitative estimate of drug-likeness (QED) is 0.799. The first-order valence-corrected chi connectivity index (χ1v) is 6.94. The number of likely N-dealkylation sites (tertiary alicyclic amines) is 1. The SMILES string of the molecule is C=CCN1CCC(c2nc(-c3cccnc3)no2)CC1. The van der Waals surface area contributed by atoms with E-state index in [0.29, 0.717) is 11.7 Å². The Morgan fingerprint density at radius 2 is 2.25 bits per heavy atom. The highest BCUT2D eigenvalue weighted by atomic mass is 16.5. The van der Waals surface area contributed by atoms with Gasteiger partial charge in [-0.25, -0.2) is 0 Å². The molecule has 0 aromatic carbocycles. The molecule has 104 valence electrons. The number of nitrogens with zero attached hydrogens (tertiary/aromatic N) is 4. The summed E-state index contributed by atoms with van der Waals surface area (Å²) in [4.78, 5) is 11.0. The highest BCUT2D eigenvalue weighted by Crippen LogP contribution is 2.28. The Hall–Kier alpha value is -2.01. The van der Waals surface area contributed by atoms with Gasteiger partial charge in [-0.1, -0.05) is 11.2 Å². The van der Waals surface area contributed by atoms with Crippen LogP contribution in [0.1, 0.15) is 24.7 Å². The normalized spacial score (nSPS) is 17.2. The molecule has 20 heavy (non-hydrogen) atoms. The van der Waals surface area contributed by atoms with Gasteiger partial charge in [0, 0.05) is 30.4 Å². The van der Waals surface area contributed by atoms with Crippen molar-refractivity contribution in [3.05, 3.63) is 43.1 Å². The van der Waals surface area contributed by atoms with Crippen molar-refractivity contribution in [2.24, 2.45) is 0 Å². The molecule has 3 heterocycles. The first-order chi connectivity index (χ1) is 9.86. The molecule has 1 aliphatic heterocycles. The van der Waals surface area contributed by atoms with Crippen molar-refractivity contribution in [2.45, 2.75) is 18.8 Å². The zero-order valence-electron chi connectivity index (χ0n) is 11.4. The van der Waals surface area contributed by atoms with Gasteiger partial charge in [0.25, 0.3) is 0 Å². The van der Waals surface area contributed by atoms with Gasteiger partial charge < -0.3 is 4.52 Å². The first-order valence-electron chi connectivity index (χ1n) is 6.94. The second-order valence-electron chi connectivity index (χ2n) is 5.06. The molecule has 0 unspecified atom stereocenters. The molecule has 5 nitrogen and oxygen atoms in total. The van der Waals surface area contributed by atoms with Crippen LogP contribution in [0.5, 0.6) is 0 Å². The zero-order chi connectivity index (χ0) is 13.8. The van der Waals surface area contributed by atoms with Crippen molar-refractivity contribution in [3.63, 3.8) is 0 Å². The van der Waals surface area contributed by atoms with Crippen LogP contribution in [0.25, 0.3) is 11.4 Å². The number of aromatic nitrogens is 3. The van der Waals surface area contributed by atoms with Crippen LogP contribution in [0, 0.1) is 0 Å². The fourth-order valence-electron chi connectivity index (χ4n) is 2.56. The zero-order valence-corrected chi connectivity index (χ0v) is 11.4. The summed E-state index contributed by atoms with van der Waals surface area (Å²) in [5, 5.41) is 4.06. The minimum atomic E-state index is 0.369. The molecule has 1 fully saturated rings. The van der Waals surface area contributed by atoms with Gasteiger partial charge in [0.05, 0.1) is 0 Å². The van der Waals surface area contributed by atoms with E-state index in [2.05, 4.69) is 26.6 Å². The molecule has 0 radical (unpaired) electrons. The van der Waals surface area contributed by atoms with E-state index in [4.69, 9.17) is 4.52 Å². The van der Waals surface area contributed by atoms with Crippen LogP contribution in [-0.2, 0) is 0 Å². The monoisotopic (exact) mass is 270 g/mol. The number of pyridine rings is 1. The van der Waals surface area contributed by atoms with Crippen LogP contribution in [0.3, 0.4) is 0 Å². The predicted molar refractivity (Wildman–Crippen MR) is 76.1 cm³/mol. The average molecular weight is 270 g/mol. The fourth-order valence-corrected chi connectivity index (χ4v) is 2.56. The predicted octanol–water partition coefficient (Wildman–Crippen LogP) is 2.50. The van der Waals surface area contributed by atoms with Gasteiger partial charge in [0.2, 0.25) is 11.7 Å². The van der Waals surface area contributed by atoms with Gasteiger partial charge in [0.1, 0.15) is 0 Å². The van der Waals surface area contributed by atoms with Gasteiger partial charge >= 0.3 is 0 Å². The fraction of sp³-hybridized carbons (Fsp3) is 0.400. The molecule has 0 spiro atoms. The molecular weight excluding hydrogens is 252 g/mol. The summed E-state index contributed by atoms with van der Waals surface area (Å²) in [6.45, 7) is 6.85. The standard InChI is InChI=1S/C15H18N4O/c1-2-8-19-9-5-12(6-10-19)15-17-14(18-20-15)13-4-3-7-16-11-13/h2-4,7,11-12H,1,5-6,8-10H2. The molecule has 3 rings (SSSR count). The van der Waals surface area contributed by atoms with Crippen molar-refractivity contribution < 1.29 is 4.52 Å². The maximum atomic E-state index is 5.43. The number of rotatable bonds is 4. The third-order valence-corrected chi connectivity index (χ3v) is 3.69. The topological polar surface area (TPSA) is 55.1 Å². The summed E-state index contributed by atoms with van der Waals surface area (Å²) in [7, 11) is 0. The largest absolute Gasteiger partial charge is 0.339 e. The van der Waals surface area contributed by atoms with Gasteiger partial charge in [-0.05, 0) is 38.1 Å². The van der Waals surface area contributed by atoms with E-state index in [9.17, 15) is 0 Å². The van der Waals surface area contributed by atoms with Gasteiger partial charge in [-0.2, -0.15) is 4.98 Å². The van der Waals surface area contributed by atoms with E-state index < -0.39 is 0 Å². The van der Waals surface area contributed by atoms with Crippen molar-refractivity contribution >= 4 is 0 Å². The lowest BCUT2D eigenvalue weighted by atomic mass is 9.97. The Balaban J connectivity index is 1.67. The molecule has 1 saturated heterocycles. The van der Waals surface area contributed by atoms with Gasteiger partial charge in [0.15, 0.2) is 0 Å². The Kier molecular flexibility index (Phi) is 3.87. The average Bonchev–Trinajstić information content (AvgIpc) is 2.99. The highest BCUT2D eigenvalue weighted by Gasteiger charge is 2.24. The Morgan fingerprint density at radius 1 is 1.40 bits per heavy atom. The minimum absolute atomic E-state index is 0.369. The number of piperidine rings is 1. The van der Waals surface area contributed by atoms with E-state index >= 15 is 0 Å². The van der Waals surface area contributed by atoms with Gasteiger partial charge in [-0.3, -0.25) is 9.88 Å². The van der Waals surface area contributed by atoms with Crippen molar-refractivity contribution in [2.75, 3.05) is 19.6 Å². The van der Waals surface area contributed by atoms with Crippen LogP contribution in [-0.4, -0.2) is 39.7 Å². The van der Waals surface area contributed by atoms with Crippen LogP contribution in [0.2, 0.25) is 0 Å². The molecule has 0 bridgehead atoms. The van der Waals surface area contributed by atoms with E-state index in [-0.39, 0.29) is 0 Å². The molecule has 1 aliphatic rings. The molecule has 0 saturated carbocycles. The Labute approximate surface area is 118 Å². The molecule has 2 aromatic heterocycles. The van der Waals surface area contributed by atoms with E-state index in [1.807, 2.05) is 18.2 Å². The van der Waals surface area contributed by atoms with Crippen molar-refractivity contribution in [1.29, 1.82) is 0 Å². The number of hydrogen-bond donors (Lipinski definition) is 0. The van der Waals surface area contributed by atoms with Crippen LogP contribution in [0.4, 0.5) is 0 Å². The summed E-state index contributed by atoms with van der Waals surface area (Å²) in [6, 6.07) is 3.81. The van der Waals surface area contributed by atoms with Gasteiger partial charge in [-0.15, -0.1) is 6.58 Å². The first kappa shape index (κ1) is 13.0. The summed E-state index contributed by atoms with van der Waals surface area (Å²) in [5.74, 6) is 1.75. The van der Waals surface area contributed by atoms with Crippen molar-refractivity contribution in [1.82, 2.24) is 20.0 Å². The maximum absolute atomic E-state index is 5.43. The summed E-state index contributed by atoms with van der Waals surface area (Å²) in [6.07, 6.45) is 7.56. The Morgan fingerprint density at radius 3 is 2.95 bits per heavy atom. The third-order valence-electron chi connectivity index (χ3n) is 3.69. The molecule has 0 amide bonds. The molecule has 0 aliphatic carbocycles. The van der Waals surface area contributed by atoms with Crippen LogP contribution < -0.4 is 0 Å². The highest BCUT2D eigenvalue weighted by molar-refractivity contribution is 5.51. The van der Waals surface area contributed by atoms with Crippen molar-refractivity contribution in [3.8, 4) is 11.4 Å². The Bertz CT molecular complexity index is 558. The van der Waals surface area contributed by atoms with Crippen LogP contribution in [0.15, 0.2) is 41.7 Å². The molecular formula is C15H18N4O. The second-order valence-corrected chi connectivity index (χ2v) is 5.06. The van der Waals surface area contributed by atoms with E-state index in [1.54, 1.807) is 12.4 Å². The van der Waals surface area contributed by atoms with E-state index in [1.165, 1.54) is 0 Å². The minimum Gasteiger partial charge on any atom is -0.339 e. The lowest BCUT2D eigenvalue weighted by Gasteiger charge is -2.29. The lowest BCUT2D eigenvalue weighted by Crippen LogP contribution is -2.33. The second kappa shape index (κ2) is 5.96. The molecule has 5 heteroatoms. The maximum Gasteiger partial charge on any atom is 0.230 e. The third kappa shape index (κ3) is 2.77. The smallest absolute Gasteiger partial charge is 0.230 e. The molecule has 0 N–H and O–H groups in total.